The molecule has 2 rings (SSSR count). The van der Waals surface area contributed by atoms with Crippen molar-refractivity contribution in [3.63, 3.8) is 0 Å². The summed E-state index contributed by atoms with van der Waals surface area (Å²) in [6.07, 6.45) is 0.949. The van der Waals surface area contributed by atoms with E-state index < -0.39 is 0 Å². The Morgan fingerprint density at radius 3 is 2.65 bits per heavy atom. The summed E-state index contributed by atoms with van der Waals surface area (Å²) in [4.78, 5) is 12.1. The molecule has 2 aromatic rings. The minimum absolute atomic E-state index is 0.0872. The van der Waals surface area contributed by atoms with E-state index in [2.05, 4.69) is 12.2 Å². The van der Waals surface area contributed by atoms with E-state index in [4.69, 9.17) is 4.74 Å². The summed E-state index contributed by atoms with van der Waals surface area (Å²) in [7, 11) is 0. The summed E-state index contributed by atoms with van der Waals surface area (Å²) in [6, 6.07) is 17.1. The van der Waals surface area contributed by atoms with E-state index in [0.717, 1.165) is 17.7 Å². The largest absolute Gasteiger partial charge is 0.494 e. The molecule has 1 N–H and O–H groups in total. The van der Waals surface area contributed by atoms with Gasteiger partial charge in [0.25, 0.3) is 5.91 Å². The fourth-order valence-corrected chi connectivity index (χ4v) is 1.83. The Balaban J connectivity index is 1.95. The van der Waals surface area contributed by atoms with Crippen molar-refractivity contribution >= 4 is 5.91 Å². The van der Waals surface area contributed by atoms with E-state index in [0.29, 0.717) is 18.7 Å². The third kappa shape index (κ3) is 4.12. The van der Waals surface area contributed by atoms with E-state index in [1.165, 1.54) is 0 Å². The minimum atomic E-state index is -0.0872. The molecule has 104 valence electrons. The third-order valence-corrected chi connectivity index (χ3v) is 2.86. The van der Waals surface area contributed by atoms with Gasteiger partial charge in [-0.15, -0.1) is 0 Å². The molecule has 0 aliphatic carbocycles. The van der Waals surface area contributed by atoms with Gasteiger partial charge in [0.05, 0.1) is 6.61 Å². The minimum Gasteiger partial charge on any atom is -0.494 e. The average Bonchev–Trinajstić information content (AvgIpc) is 2.52. The lowest BCUT2D eigenvalue weighted by molar-refractivity contribution is 0.0950. The number of nitrogens with one attached hydrogen (secondary N) is 1. The highest BCUT2D eigenvalue weighted by atomic mass is 16.5. The SMILES string of the molecule is CCCOc1cccc(C(=O)NCc2ccccc2)c1. The van der Waals surface area contributed by atoms with Crippen LogP contribution in [0.3, 0.4) is 0 Å². The highest BCUT2D eigenvalue weighted by Gasteiger charge is 2.06. The molecule has 2 aromatic carbocycles. The molecule has 0 saturated heterocycles. The quantitative estimate of drug-likeness (QED) is 0.872. The van der Waals surface area contributed by atoms with E-state index >= 15 is 0 Å². The van der Waals surface area contributed by atoms with Gasteiger partial charge in [-0.1, -0.05) is 43.3 Å². The number of hydrogen-bond acceptors (Lipinski definition) is 2. The Hall–Kier alpha value is -2.29. The molecular formula is C17H19NO2. The molecular weight excluding hydrogens is 250 g/mol. The second kappa shape index (κ2) is 7.34. The molecule has 0 atom stereocenters. The second-order valence-electron chi connectivity index (χ2n) is 4.54. The van der Waals surface area contributed by atoms with Gasteiger partial charge in [0.1, 0.15) is 5.75 Å². The van der Waals surface area contributed by atoms with Crippen LogP contribution in [0.2, 0.25) is 0 Å². The van der Waals surface area contributed by atoms with Gasteiger partial charge in [0.15, 0.2) is 0 Å². The molecule has 0 heterocycles. The highest BCUT2D eigenvalue weighted by Crippen LogP contribution is 2.13. The van der Waals surface area contributed by atoms with Gasteiger partial charge >= 0.3 is 0 Å². The van der Waals surface area contributed by atoms with E-state index in [-0.39, 0.29) is 5.91 Å². The zero-order valence-corrected chi connectivity index (χ0v) is 11.6. The first kappa shape index (κ1) is 14.1. The molecule has 0 fully saturated rings. The van der Waals surface area contributed by atoms with Crippen molar-refractivity contribution in [2.45, 2.75) is 19.9 Å². The Morgan fingerprint density at radius 2 is 1.90 bits per heavy atom. The van der Waals surface area contributed by atoms with E-state index in [9.17, 15) is 4.79 Å². The van der Waals surface area contributed by atoms with Gasteiger partial charge in [-0.3, -0.25) is 4.79 Å². The van der Waals surface area contributed by atoms with Crippen molar-refractivity contribution in [2.24, 2.45) is 0 Å². The number of amides is 1. The number of benzene rings is 2. The maximum Gasteiger partial charge on any atom is 0.251 e. The maximum absolute atomic E-state index is 12.1. The van der Waals surface area contributed by atoms with Crippen molar-refractivity contribution in [1.29, 1.82) is 0 Å². The monoisotopic (exact) mass is 269 g/mol. The molecule has 0 bridgehead atoms. The molecule has 0 unspecified atom stereocenters. The van der Waals surface area contributed by atoms with Crippen molar-refractivity contribution in [3.8, 4) is 5.75 Å². The van der Waals surface area contributed by atoms with Gasteiger partial charge in [0, 0.05) is 12.1 Å². The first-order valence-corrected chi connectivity index (χ1v) is 6.84. The van der Waals surface area contributed by atoms with Crippen LogP contribution >= 0.6 is 0 Å². The van der Waals surface area contributed by atoms with Gasteiger partial charge in [0.2, 0.25) is 0 Å². The first-order chi connectivity index (χ1) is 9.79. The lowest BCUT2D eigenvalue weighted by Gasteiger charge is -2.08. The predicted molar refractivity (Wildman–Crippen MR) is 79.8 cm³/mol. The number of rotatable bonds is 6. The summed E-state index contributed by atoms with van der Waals surface area (Å²) in [5.74, 6) is 0.648. The molecule has 20 heavy (non-hydrogen) atoms. The fourth-order valence-electron chi connectivity index (χ4n) is 1.83. The van der Waals surface area contributed by atoms with Gasteiger partial charge in [-0.05, 0) is 30.2 Å². The number of carbonyl (C=O) groups excluding carboxylic acids is 1. The Morgan fingerprint density at radius 1 is 1.10 bits per heavy atom. The fraction of sp³-hybridized carbons (Fsp3) is 0.235. The third-order valence-electron chi connectivity index (χ3n) is 2.86. The lowest BCUT2D eigenvalue weighted by Crippen LogP contribution is -2.22. The second-order valence-corrected chi connectivity index (χ2v) is 4.54. The van der Waals surface area contributed by atoms with Crippen LogP contribution in [-0.2, 0) is 6.54 Å². The van der Waals surface area contributed by atoms with Crippen LogP contribution in [-0.4, -0.2) is 12.5 Å². The van der Waals surface area contributed by atoms with E-state index in [1.807, 2.05) is 42.5 Å². The number of carbonyl (C=O) groups is 1. The Labute approximate surface area is 119 Å². The van der Waals surface area contributed by atoms with Crippen LogP contribution in [0.25, 0.3) is 0 Å². The maximum atomic E-state index is 12.1. The van der Waals surface area contributed by atoms with E-state index in [1.54, 1.807) is 12.1 Å². The molecule has 0 radical (unpaired) electrons. The summed E-state index contributed by atoms with van der Waals surface area (Å²) >= 11 is 0. The zero-order valence-electron chi connectivity index (χ0n) is 11.6. The summed E-state index contributed by atoms with van der Waals surface area (Å²) in [5, 5.41) is 2.90. The first-order valence-electron chi connectivity index (χ1n) is 6.84. The van der Waals surface area contributed by atoms with Crippen molar-refractivity contribution in [2.75, 3.05) is 6.61 Å². The lowest BCUT2D eigenvalue weighted by atomic mass is 10.2. The van der Waals surface area contributed by atoms with Crippen molar-refractivity contribution in [3.05, 3.63) is 65.7 Å². The average molecular weight is 269 g/mol. The molecule has 0 aliphatic rings. The molecule has 3 nitrogen and oxygen atoms in total. The predicted octanol–water partition coefficient (Wildman–Crippen LogP) is 3.41. The molecule has 0 saturated carbocycles. The van der Waals surface area contributed by atoms with Gasteiger partial charge < -0.3 is 10.1 Å². The highest BCUT2D eigenvalue weighted by molar-refractivity contribution is 5.94. The molecule has 0 aromatic heterocycles. The normalized spacial score (nSPS) is 10.1. The molecule has 0 spiro atoms. The smallest absolute Gasteiger partial charge is 0.251 e. The number of hydrogen-bond donors (Lipinski definition) is 1. The topological polar surface area (TPSA) is 38.3 Å². The van der Waals surface area contributed by atoms with Crippen LogP contribution in [0.1, 0.15) is 29.3 Å². The molecule has 1 amide bonds. The zero-order chi connectivity index (χ0) is 14.2. The summed E-state index contributed by atoms with van der Waals surface area (Å²) in [5.41, 5.74) is 1.70. The summed E-state index contributed by atoms with van der Waals surface area (Å²) < 4.78 is 5.53. The molecule has 0 aliphatic heterocycles. The Kier molecular flexibility index (Phi) is 5.18. The van der Waals surface area contributed by atoms with Crippen LogP contribution in [0.4, 0.5) is 0 Å². The van der Waals surface area contributed by atoms with Crippen LogP contribution in [0.5, 0.6) is 5.75 Å². The van der Waals surface area contributed by atoms with Crippen LogP contribution in [0, 0.1) is 0 Å². The van der Waals surface area contributed by atoms with Gasteiger partial charge in [-0.25, -0.2) is 0 Å². The summed E-state index contributed by atoms with van der Waals surface area (Å²) in [6.45, 7) is 3.24. The Bertz CT molecular complexity index is 552. The molecule has 3 heteroatoms. The van der Waals surface area contributed by atoms with Gasteiger partial charge in [-0.2, -0.15) is 0 Å². The van der Waals surface area contributed by atoms with Crippen molar-refractivity contribution in [1.82, 2.24) is 5.32 Å². The van der Waals surface area contributed by atoms with Crippen molar-refractivity contribution < 1.29 is 9.53 Å². The standard InChI is InChI=1S/C17H19NO2/c1-2-11-20-16-10-6-9-15(12-16)17(19)18-13-14-7-4-3-5-8-14/h3-10,12H,2,11,13H2,1H3,(H,18,19). The van der Waals surface area contributed by atoms with Crippen LogP contribution < -0.4 is 10.1 Å². The van der Waals surface area contributed by atoms with Crippen LogP contribution in [0.15, 0.2) is 54.6 Å². The number of ether oxygens (including phenoxy) is 1.